The van der Waals surface area contributed by atoms with Crippen LogP contribution in [0, 0.1) is 3.57 Å². The fourth-order valence-electron chi connectivity index (χ4n) is 1.89. The van der Waals surface area contributed by atoms with E-state index in [4.69, 9.17) is 11.6 Å². The van der Waals surface area contributed by atoms with Crippen LogP contribution >= 0.6 is 34.2 Å². The highest BCUT2D eigenvalue weighted by Gasteiger charge is 2.40. The summed E-state index contributed by atoms with van der Waals surface area (Å²) in [5.41, 5.74) is -0.327. The van der Waals surface area contributed by atoms with Crippen molar-refractivity contribution in [3.05, 3.63) is 26.8 Å². The van der Waals surface area contributed by atoms with E-state index in [-0.39, 0.29) is 18.4 Å². The van der Waals surface area contributed by atoms with Gasteiger partial charge < -0.3 is 5.32 Å². The van der Waals surface area contributed by atoms with Gasteiger partial charge in [-0.3, -0.25) is 14.5 Å². The summed E-state index contributed by atoms with van der Waals surface area (Å²) in [6.07, 6.45) is 0. The molecule has 1 aromatic carbocycles. The number of nitrogens with one attached hydrogen (secondary N) is 1. The van der Waals surface area contributed by atoms with Gasteiger partial charge in [0.1, 0.15) is 12.1 Å². The van der Waals surface area contributed by atoms with E-state index in [0.29, 0.717) is 10.7 Å². The van der Waals surface area contributed by atoms with E-state index >= 15 is 0 Å². The van der Waals surface area contributed by atoms with Crippen LogP contribution in [0.4, 0.5) is 5.69 Å². The molecule has 1 aromatic rings. The lowest BCUT2D eigenvalue weighted by molar-refractivity contribution is -0.134. The lowest BCUT2D eigenvalue weighted by Crippen LogP contribution is -2.64. The summed E-state index contributed by atoms with van der Waals surface area (Å²) in [6.45, 7) is 3.36. The summed E-state index contributed by atoms with van der Waals surface area (Å²) in [5, 5.41) is 3.13. The minimum atomic E-state index is -0.901. The van der Waals surface area contributed by atoms with E-state index in [9.17, 15) is 9.59 Å². The maximum atomic E-state index is 12.3. The Morgan fingerprint density at radius 2 is 2.06 bits per heavy atom. The van der Waals surface area contributed by atoms with Gasteiger partial charge in [0, 0.05) is 3.57 Å². The molecule has 1 fully saturated rings. The first-order chi connectivity index (χ1) is 8.31. The number of anilines is 1. The van der Waals surface area contributed by atoms with Crippen LogP contribution in [0.1, 0.15) is 13.8 Å². The third-order valence-electron chi connectivity index (χ3n) is 2.73. The van der Waals surface area contributed by atoms with Gasteiger partial charge in [0.2, 0.25) is 5.91 Å². The van der Waals surface area contributed by atoms with E-state index in [0.717, 1.165) is 3.57 Å². The lowest BCUT2D eigenvalue weighted by atomic mass is 10.00. The molecular weight excluding hydrogens is 367 g/mol. The SMILES string of the molecule is CC1(C)NC(=O)CN(c2ccc(I)cc2Cl)C1=O. The van der Waals surface area contributed by atoms with E-state index in [1.807, 2.05) is 6.07 Å². The minimum Gasteiger partial charge on any atom is -0.341 e. The zero-order chi connectivity index (χ0) is 13.5. The fraction of sp³-hybridized carbons (Fsp3) is 0.333. The number of hydrogen-bond donors (Lipinski definition) is 1. The minimum absolute atomic E-state index is 0.00256. The molecule has 6 heteroatoms. The third kappa shape index (κ3) is 2.47. The van der Waals surface area contributed by atoms with Crippen LogP contribution < -0.4 is 10.2 Å². The van der Waals surface area contributed by atoms with Gasteiger partial charge in [-0.1, -0.05) is 11.6 Å². The van der Waals surface area contributed by atoms with E-state index in [1.165, 1.54) is 4.90 Å². The van der Waals surface area contributed by atoms with Gasteiger partial charge in [-0.25, -0.2) is 0 Å². The summed E-state index contributed by atoms with van der Waals surface area (Å²) in [4.78, 5) is 25.3. The normalized spacial score (nSPS) is 18.8. The fourth-order valence-corrected chi connectivity index (χ4v) is 2.85. The Balaban J connectivity index is 2.43. The van der Waals surface area contributed by atoms with Crippen molar-refractivity contribution in [2.45, 2.75) is 19.4 Å². The smallest absolute Gasteiger partial charge is 0.252 e. The molecule has 2 amide bonds. The van der Waals surface area contributed by atoms with Gasteiger partial charge in [0.15, 0.2) is 0 Å². The van der Waals surface area contributed by atoms with Crippen molar-refractivity contribution in [2.75, 3.05) is 11.4 Å². The Kier molecular flexibility index (Phi) is 3.55. The first-order valence-corrected chi connectivity index (χ1v) is 6.85. The van der Waals surface area contributed by atoms with Crippen LogP contribution in [0.15, 0.2) is 18.2 Å². The molecule has 1 heterocycles. The van der Waals surface area contributed by atoms with Crippen LogP contribution in [-0.4, -0.2) is 23.9 Å². The largest absolute Gasteiger partial charge is 0.341 e. The molecular formula is C12H12ClIN2O2. The van der Waals surface area contributed by atoms with Gasteiger partial charge in [-0.05, 0) is 54.6 Å². The van der Waals surface area contributed by atoms with Crippen molar-refractivity contribution < 1.29 is 9.59 Å². The highest BCUT2D eigenvalue weighted by molar-refractivity contribution is 14.1. The molecule has 0 unspecified atom stereocenters. The quantitative estimate of drug-likeness (QED) is 0.762. The summed E-state index contributed by atoms with van der Waals surface area (Å²) < 4.78 is 0.981. The number of piperazine rings is 1. The topological polar surface area (TPSA) is 49.4 Å². The molecule has 96 valence electrons. The van der Waals surface area contributed by atoms with Crippen molar-refractivity contribution >= 4 is 51.7 Å². The molecule has 0 radical (unpaired) electrons. The second-order valence-corrected chi connectivity index (χ2v) is 6.31. The molecule has 1 N–H and O–H groups in total. The molecule has 1 aliphatic rings. The Labute approximate surface area is 124 Å². The highest BCUT2D eigenvalue weighted by Crippen LogP contribution is 2.30. The zero-order valence-corrected chi connectivity index (χ0v) is 12.9. The average molecular weight is 379 g/mol. The Bertz CT molecular complexity index is 531. The first-order valence-electron chi connectivity index (χ1n) is 5.39. The maximum Gasteiger partial charge on any atom is 0.252 e. The van der Waals surface area contributed by atoms with Crippen molar-refractivity contribution in [1.29, 1.82) is 0 Å². The Morgan fingerprint density at radius 1 is 1.39 bits per heavy atom. The predicted molar refractivity (Wildman–Crippen MR) is 78.7 cm³/mol. The number of carbonyl (C=O) groups excluding carboxylic acids is 2. The van der Waals surface area contributed by atoms with Crippen molar-refractivity contribution in [2.24, 2.45) is 0 Å². The number of halogens is 2. The molecule has 0 spiro atoms. The molecule has 0 aliphatic carbocycles. The molecule has 0 bridgehead atoms. The van der Waals surface area contributed by atoms with E-state index < -0.39 is 5.54 Å². The monoisotopic (exact) mass is 378 g/mol. The van der Waals surface area contributed by atoms with E-state index in [2.05, 4.69) is 27.9 Å². The Hall–Kier alpha value is -0.820. The van der Waals surface area contributed by atoms with Crippen LogP contribution in [0.5, 0.6) is 0 Å². The number of amides is 2. The standard InChI is InChI=1S/C12H12ClIN2O2/c1-12(2)11(18)16(6-10(17)15-12)9-4-3-7(14)5-8(9)13/h3-5H,6H2,1-2H3,(H,15,17). The first kappa shape index (κ1) is 13.6. The average Bonchev–Trinajstić information content (AvgIpc) is 2.23. The molecule has 4 nitrogen and oxygen atoms in total. The van der Waals surface area contributed by atoms with Crippen molar-refractivity contribution in [3.63, 3.8) is 0 Å². The number of benzene rings is 1. The number of nitrogens with zero attached hydrogens (tertiary/aromatic N) is 1. The van der Waals surface area contributed by atoms with Gasteiger partial charge in [-0.2, -0.15) is 0 Å². The zero-order valence-electron chi connectivity index (χ0n) is 9.96. The van der Waals surface area contributed by atoms with Gasteiger partial charge >= 0.3 is 0 Å². The highest BCUT2D eigenvalue weighted by atomic mass is 127. The second kappa shape index (κ2) is 4.70. The molecule has 0 aromatic heterocycles. The molecule has 1 aliphatic heterocycles. The van der Waals surface area contributed by atoms with Crippen LogP contribution in [-0.2, 0) is 9.59 Å². The Morgan fingerprint density at radius 3 is 2.67 bits per heavy atom. The third-order valence-corrected chi connectivity index (χ3v) is 3.71. The number of rotatable bonds is 1. The molecule has 2 rings (SSSR count). The summed E-state index contributed by atoms with van der Waals surface area (Å²) in [5.74, 6) is -0.348. The van der Waals surface area contributed by atoms with Crippen molar-refractivity contribution in [1.82, 2.24) is 5.32 Å². The summed E-state index contributed by atoms with van der Waals surface area (Å²) in [7, 11) is 0. The molecule has 1 saturated heterocycles. The van der Waals surface area contributed by atoms with Crippen LogP contribution in [0.3, 0.4) is 0 Å². The lowest BCUT2D eigenvalue weighted by Gasteiger charge is -2.37. The number of hydrogen-bond acceptors (Lipinski definition) is 2. The molecule has 18 heavy (non-hydrogen) atoms. The van der Waals surface area contributed by atoms with E-state index in [1.54, 1.807) is 26.0 Å². The summed E-state index contributed by atoms with van der Waals surface area (Å²) in [6, 6.07) is 5.38. The van der Waals surface area contributed by atoms with Gasteiger partial charge in [0.05, 0.1) is 10.7 Å². The predicted octanol–water partition coefficient (Wildman–Crippen LogP) is 2.19. The molecule has 0 atom stereocenters. The van der Waals surface area contributed by atoms with Gasteiger partial charge in [0.25, 0.3) is 5.91 Å². The number of carbonyl (C=O) groups is 2. The maximum absolute atomic E-state index is 12.3. The second-order valence-electron chi connectivity index (χ2n) is 4.66. The molecule has 0 saturated carbocycles. The van der Waals surface area contributed by atoms with Gasteiger partial charge in [-0.15, -0.1) is 0 Å². The van der Waals surface area contributed by atoms with Crippen molar-refractivity contribution in [3.8, 4) is 0 Å². The van der Waals surface area contributed by atoms with Crippen LogP contribution in [0.2, 0.25) is 5.02 Å². The van der Waals surface area contributed by atoms with Crippen LogP contribution in [0.25, 0.3) is 0 Å². The summed E-state index contributed by atoms with van der Waals surface area (Å²) >= 11 is 8.28.